The first-order valence-electron chi connectivity index (χ1n) is 6.07. The molecule has 0 saturated carbocycles. The van der Waals surface area contributed by atoms with Crippen LogP contribution in [0.2, 0.25) is 0 Å². The maximum absolute atomic E-state index is 6.38. The summed E-state index contributed by atoms with van der Waals surface area (Å²) in [6.07, 6.45) is 2.65. The summed E-state index contributed by atoms with van der Waals surface area (Å²) in [5.41, 5.74) is 8.54. The minimum Gasteiger partial charge on any atom is -0.324 e. The Morgan fingerprint density at radius 3 is 2.89 bits per heavy atom. The highest BCUT2D eigenvalue weighted by Gasteiger charge is 2.13. The van der Waals surface area contributed by atoms with Crippen molar-refractivity contribution in [1.29, 1.82) is 0 Å². The molecule has 0 aliphatic heterocycles. The van der Waals surface area contributed by atoms with Crippen LogP contribution in [0.15, 0.2) is 52.4 Å². The molecule has 2 aromatic heterocycles. The number of pyridine rings is 1. The predicted molar refractivity (Wildman–Crippen MR) is 84.4 cm³/mol. The lowest BCUT2D eigenvalue weighted by Gasteiger charge is -2.14. The average molecular weight is 333 g/mol. The van der Waals surface area contributed by atoms with E-state index in [0.29, 0.717) is 0 Å². The van der Waals surface area contributed by atoms with Gasteiger partial charge in [-0.15, -0.1) is 11.3 Å². The Morgan fingerprint density at radius 2 is 2.11 bits per heavy atom. The summed E-state index contributed by atoms with van der Waals surface area (Å²) in [5, 5.41) is 3.22. The first-order valence-corrected chi connectivity index (χ1v) is 7.74. The van der Waals surface area contributed by atoms with E-state index in [1.807, 2.05) is 24.4 Å². The molecule has 19 heavy (non-hydrogen) atoms. The zero-order chi connectivity index (χ0) is 13.2. The SMILES string of the molecule is NC(Cc1sccc1Br)c1cccc2ncccc12. The van der Waals surface area contributed by atoms with Crippen LogP contribution in [0.4, 0.5) is 0 Å². The fourth-order valence-electron chi connectivity index (χ4n) is 2.23. The quantitative estimate of drug-likeness (QED) is 0.776. The molecule has 0 amide bonds. The van der Waals surface area contributed by atoms with Crippen LogP contribution >= 0.6 is 27.3 Å². The third-order valence-corrected chi connectivity index (χ3v) is 5.12. The van der Waals surface area contributed by atoms with Crippen molar-refractivity contribution in [3.63, 3.8) is 0 Å². The zero-order valence-corrected chi connectivity index (χ0v) is 12.6. The number of nitrogens with zero attached hydrogens (tertiary/aromatic N) is 1. The Labute approximate surface area is 124 Å². The summed E-state index contributed by atoms with van der Waals surface area (Å²) >= 11 is 5.30. The van der Waals surface area contributed by atoms with E-state index in [2.05, 4.69) is 44.5 Å². The van der Waals surface area contributed by atoms with Crippen LogP contribution in [0.25, 0.3) is 10.9 Å². The summed E-state index contributed by atoms with van der Waals surface area (Å²) in [6, 6.07) is 12.2. The molecule has 1 aromatic carbocycles. The van der Waals surface area contributed by atoms with E-state index >= 15 is 0 Å². The predicted octanol–water partition coefficient (Wildman–Crippen LogP) is 4.30. The Hall–Kier alpha value is -1.23. The molecule has 2 heterocycles. The van der Waals surface area contributed by atoms with Gasteiger partial charge < -0.3 is 5.73 Å². The standard InChI is InChI=1S/C15H13BrN2S/c16-12-6-8-19-15(12)9-13(17)10-3-1-5-14-11(10)4-2-7-18-14/h1-8,13H,9,17H2. The molecule has 3 aromatic rings. The number of fused-ring (bicyclic) bond motifs is 1. The number of thiophene rings is 1. The third-order valence-electron chi connectivity index (χ3n) is 3.18. The van der Waals surface area contributed by atoms with Crippen molar-refractivity contribution < 1.29 is 0 Å². The van der Waals surface area contributed by atoms with Crippen molar-refractivity contribution in [1.82, 2.24) is 4.98 Å². The summed E-state index contributed by atoms with van der Waals surface area (Å²) in [5.74, 6) is 0. The first-order chi connectivity index (χ1) is 9.25. The van der Waals surface area contributed by atoms with Crippen molar-refractivity contribution in [3.05, 3.63) is 62.9 Å². The van der Waals surface area contributed by atoms with Gasteiger partial charge in [0.2, 0.25) is 0 Å². The molecule has 0 spiro atoms. The van der Waals surface area contributed by atoms with E-state index < -0.39 is 0 Å². The highest BCUT2D eigenvalue weighted by atomic mass is 79.9. The lowest BCUT2D eigenvalue weighted by Crippen LogP contribution is -2.13. The molecule has 2 nitrogen and oxygen atoms in total. The Morgan fingerprint density at radius 1 is 1.21 bits per heavy atom. The van der Waals surface area contributed by atoms with Crippen molar-refractivity contribution in [2.24, 2.45) is 5.73 Å². The maximum atomic E-state index is 6.38. The summed E-state index contributed by atoms with van der Waals surface area (Å²) in [4.78, 5) is 5.66. The summed E-state index contributed by atoms with van der Waals surface area (Å²) in [6.45, 7) is 0. The lowest BCUT2D eigenvalue weighted by molar-refractivity contribution is 0.734. The van der Waals surface area contributed by atoms with E-state index in [1.165, 1.54) is 4.88 Å². The molecule has 0 bridgehead atoms. The molecular formula is C15H13BrN2S. The van der Waals surface area contributed by atoms with Gasteiger partial charge in [0.1, 0.15) is 0 Å². The highest BCUT2D eigenvalue weighted by molar-refractivity contribution is 9.10. The monoisotopic (exact) mass is 332 g/mol. The number of aromatic nitrogens is 1. The van der Waals surface area contributed by atoms with Crippen LogP contribution in [-0.4, -0.2) is 4.98 Å². The second-order valence-electron chi connectivity index (χ2n) is 4.42. The Kier molecular flexibility index (Phi) is 3.64. The van der Waals surface area contributed by atoms with Crippen molar-refractivity contribution >= 4 is 38.2 Å². The minimum atomic E-state index is -0.0113. The van der Waals surface area contributed by atoms with E-state index in [-0.39, 0.29) is 6.04 Å². The number of halogens is 1. The van der Waals surface area contributed by atoms with Crippen LogP contribution in [0.1, 0.15) is 16.5 Å². The van der Waals surface area contributed by atoms with Crippen LogP contribution in [0.3, 0.4) is 0 Å². The van der Waals surface area contributed by atoms with E-state index in [4.69, 9.17) is 5.73 Å². The van der Waals surface area contributed by atoms with Gasteiger partial charge in [0, 0.05) is 33.4 Å². The van der Waals surface area contributed by atoms with Crippen molar-refractivity contribution in [2.75, 3.05) is 0 Å². The second kappa shape index (κ2) is 5.41. The molecule has 96 valence electrons. The molecule has 0 saturated heterocycles. The first kappa shape index (κ1) is 12.8. The molecule has 0 aliphatic rings. The van der Waals surface area contributed by atoms with Gasteiger partial charge in [-0.05, 0) is 45.1 Å². The third kappa shape index (κ3) is 2.56. The van der Waals surface area contributed by atoms with Crippen LogP contribution in [-0.2, 0) is 6.42 Å². The number of hydrogen-bond donors (Lipinski definition) is 1. The van der Waals surface area contributed by atoms with Gasteiger partial charge in [-0.2, -0.15) is 0 Å². The minimum absolute atomic E-state index is 0.0113. The molecule has 0 aliphatic carbocycles. The largest absolute Gasteiger partial charge is 0.324 e. The van der Waals surface area contributed by atoms with E-state index in [9.17, 15) is 0 Å². The van der Waals surface area contributed by atoms with Crippen LogP contribution in [0.5, 0.6) is 0 Å². The maximum Gasteiger partial charge on any atom is 0.0705 e. The van der Waals surface area contributed by atoms with Gasteiger partial charge in [-0.25, -0.2) is 0 Å². The van der Waals surface area contributed by atoms with Gasteiger partial charge in [0.25, 0.3) is 0 Å². The number of rotatable bonds is 3. The molecule has 1 atom stereocenters. The van der Waals surface area contributed by atoms with Crippen molar-refractivity contribution in [3.8, 4) is 0 Å². The van der Waals surface area contributed by atoms with E-state index in [1.54, 1.807) is 11.3 Å². The Balaban J connectivity index is 1.98. The van der Waals surface area contributed by atoms with Crippen molar-refractivity contribution in [2.45, 2.75) is 12.5 Å². The number of benzene rings is 1. The summed E-state index contributed by atoms with van der Waals surface area (Å²) < 4.78 is 1.14. The zero-order valence-electron chi connectivity index (χ0n) is 10.2. The van der Waals surface area contributed by atoms with Crippen LogP contribution in [0, 0.1) is 0 Å². The molecule has 0 radical (unpaired) electrons. The number of nitrogens with two attached hydrogens (primary N) is 1. The fraction of sp³-hybridized carbons (Fsp3) is 0.133. The molecular weight excluding hydrogens is 320 g/mol. The average Bonchev–Trinajstić information content (AvgIpc) is 2.83. The topological polar surface area (TPSA) is 38.9 Å². The molecule has 0 fully saturated rings. The smallest absolute Gasteiger partial charge is 0.0705 e. The van der Waals surface area contributed by atoms with Gasteiger partial charge in [-0.1, -0.05) is 18.2 Å². The molecule has 2 N–H and O–H groups in total. The second-order valence-corrected chi connectivity index (χ2v) is 6.27. The van der Waals surface area contributed by atoms with Gasteiger partial charge >= 0.3 is 0 Å². The van der Waals surface area contributed by atoms with Crippen LogP contribution < -0.4 is 5.73 Å². The van der Waals surface area contributed by atoms with Gasteiger partial charge in [0.15, 0.2) is 0 Å². The lowest BCUT2D eigenvalue weighted by atomic mass is 9.99. The molecule has 1 unspecified atom stereocenters. The Bertz CT molecular complexity index is 703. The van der Waals surface area contributed by atoms with E-state index in [0.717, 1.165) is 27.4 Å². The number of hydrogen-bond acceptors (Lipinski definition) is 3. The normalized spacial score (nSPS) is 12.7. The molecule has 4 heteroatoms. The summed E-state index contributed by atoms with van der Waals surface area (Å²) in [7, 11) is 0. The molecule has 3 rings (SSSR count). The van der Waals surface area contributed by atoms with Gasteiger partial charge in [0.05, 0.1) is 5.52 Å². The fourth-order valence-corrected chi connectivity index (χ4v) is 3.81. The van der Waals surface area contributed by atoms with Gasteiger partial charge in [-0.3, -0.25) is 4.98 Å². The highest BCUT2D eigenvalue weighted by Crippen LogP contribution is 2.29.